The summed E-state index contributed by atoms with van der Waals surface area (Å²) < 4.78 is 6.22. The van der Waals surface area contributed by atoms with Crippen LogP contribution >= 0.6 is 0 Å². The molecule has 1 heteroatoms. The first-order valence-electron chi connectivity index (χ1n) is 14.9. The molecule has 0 N–H and O–H groups in total. The van der Waals surface area contributed by atoms with Gasteiger partial charge in [-0.3, -0.25) is 0 Å². The van der Waals surface area contributed by atoms with Gasteiger partial charge >= 0.3 is 0 Å². The minimum atomic E-state index is 0.882. The van der Waals surface area contributed by atoms with Crippen LogP contribution in [0.15, 0.2) is 23.3 Å². The molecule has 0 radical (unpaired) electrons. The molecule has 2 fully saturated rings. The van der Waals surface area contributed by atoms with Gasteiger partial charge < -0.3 is 4.74 Å². The van der Waals surface area contributed by atoms with E-state index in [2.05, 4.69) is 39.8 Å². The van der Waals surface area contributed by atoms with Crippen LogP contribution in [-0.4, -0.2) is 13.2 Å². The Kier molecular flexibility index (Phi) is 9.61. The first-order chi connectivity index (χ1) is 16.0. The first-order valence-corrected chi connectivity index (χ1v) is 14.9. The predicted octanol–water partition coefficient (Wildman–Crippen LogP) is 9.38. The molecule has 33 heavy (non-hydrogen) atoms. The molecule has 0 aromatic rings. The lowest BCUT2D eigenvalue weighted by Crippen LogP contribution is -2.25. The number of allylic oxidation sites excluding steroid dienone is 2. The van der Waals surface area contributed by atoms with E-state index in [0.717, 1.165) is 60.6 Å². The van der Waals surface area contributed by atoms with Crippen molar-refractivity contribution in [1.29, 1.82) is 0 Å². The molecule has 1 nitrogen and oxygen atoms in total. The van der Waals surface area contributed by atoms with Gasteiger partial charge in [-0.1, -0.05) is 39.8 Å². The second kappa shape index (κ2) is 12.4. The van der Waals surface area contributed by atoms with E-state index >= 15 is 0 Å². The molecule has 2 unspecified atom stereocenters. The molecule has 0 aromatic carbocycles. The molecule has 0 spiro atoms. The fraction of sp³-hybridized carbons (Fsp3) is 0.875. The van der Waals surface area contributed by atoms with Gasteiger partial charge in [0.05, 0.1) is 13.2 Å². The van der Waals surface area contributed by atoms with Crippen molar-refractivity contribution in [3.63, 3.8) is 0 Å². The van der Waals surface area contributed by atoms with Crippen LogP contribution in [0.25, 0.3) is 0 Å². The molecular formula is C32H54O. The Morgan fingerprint density at radius 1 is 0.576 bits per heavy atom. The van der Waals surface area contributed by atoms with E-state index in [1.165, 1.54) is 89.9 Å². The summed E-state index contributed by atoms with van der Waals surface area (Å²) in [5.41, 5.74) is 3.16. The molecule has 0 aromatic heterocycles. The number of hydrogen-bond donors (Lipinski definition) is 0. The van der Waals surface area contributed by atoms with Crippen LogP contribution in [0, 0.1) is 47.3 Å². The quantitative estimate of drug-likeness (QED) is 0.332. The molecule has 0 bridgehead atoms. The third-order valence-electron chi connectivity index (χ3n) is 10.5. The molecule has 2 saturated carbocycles. The van der Waals surface area contributed by atoms with Crippen molar-refractivity contribution in [2.45, 2.75) is 118 Å². The number of rotatable bonds is 8. The van der Waals surface area contributed by atoms with E-state index in [4.69, 9.17) is 4.74 Å². The summed E-state index contributed by atoms with van der Waals surface area (Å²) in [4.78, 5) is 0. The summed E-state index contributed by atoms with van der Waals surface area (Å²) >= 11 is 0. The highest BCUT2D eigenvalue weighted by Gasteiger charge is 2.31. The Morgan fingerprint density at radius 2 is 0.970 bits per heavy atom. The maximum Gasteiger partial charge on any atom is 0.0681 e. The van der Waals surface area contributed by atoms with Crippen LogP contribution in [-0.2, 0) is 4.74 Å². The number of hydrogen-bond acceptors (Lipinski definition) is 1. The van der Waals surface area contributed by atoms with Gasteiger partial charge in [0.1, 0.15) is 0 Å². The lowest BCUT2D eigenvalue weighted by atomic mass is 9.69. The van der Waals surface area contributed by atoms with Crippen LogP contribution in [0.1, 0.15) is 118 Å². The average Bonchev–Trinajstić information content (AvgIpc) is 2.85. The SMILES string of the molecule is CC(C)C1CCC(C2CC=C(COCC3=CCC(C4CCC(C(C)C)CC4)CC3)CC2)CC1. The molecule has 4 rings (SSSR count). The van der Waals surface area contributed by atoms with Crippen molar-refractivity contribution in [1.82, 2.24) is 0 Å². The monoisotopic (exact) mass is 454 g/mol. The molecule has 0 aliphatic heterocycles. The third-order valence-corrected chi connectivity index (χ3v) is 10.5. The average molecular weight is 455 g/mol. The van der Waals surface area contributed by atoms with Crippen molar-refractivity contribution < 1.29 is 4.74 Å². The minimum Gasteiger partial charge on any atom is -0.373 e. The highest BCUT2D eigenvalue weighted by Crippen LogP contribution is 2.42. The van der Waals surface area contributed by atoms with E-state index in [-0.39, 0.29) is 0 Å². The van der Waals surface area contributed by atoms with Gasteiger partial charge in [-0.25, -0.2) is 0 Å². The summed E-state index contributed by atoms with van der Waals surface area (Å²) in [6.45, 7) is 11.4. The Balaban J connectivity index is 1.11. The first kappa shape index (κ1) is 25.5. The Labute approximate surface area is 206 Å². The maximum absolute atomic E-state index is 6.22. The zero-order valence-corrected chi connectivity index (χ0v) is 22.5. The van der Waals surface area contributed by atoms with Crippen molar-refractivity contribution in [3.05, 3.63) is 23.3 Å². The number of ether oxygens (including phenoxy) is 1. The van der Waals surface area contributed by atoms with E-state index in [0.29, 0.717) is 0 Å². The van der Waals surface area contributed by atoms with Crippen LogP contribution in [0.4, 0.5) is 0 Å². The fourth-order valence-electron chi connectivity index (χ4n) is 7.82. The standard InChI is InChI=1S/C32H54O/c1-23(2)27-13-17-31(18-14-27)29-9-5-25(6-10-29)21-33-22-26-7-11-30(12-8-26)32-19-15-28(16-20-32)24(3)4/h5,7,23-24,27-32H,6,8-22H2,1-4H3. The highest BCUT2D eigenvalue weighted by molar-refractivity contribution is 5.10. The summed E-state index contributed by atoms with van der Waals surface area (Å²) in [5, 5.41) is 0. The molecule has 0 amide bonds. The van der Waals surface area contributed by atoms with E-state index < -0.39 is 0 Å². The Bertz CT molecular complexity index is 583. The molecule has 0 saturated heterocycles. The normalized spacial score (nSPS) is 36.1. The van der Waals surface area contributed by atoms with Crippen molar-refractivity contribution in [3.8, 4) is 0 Å². The van der Waals surface area contributed by atoms with E-state index in [9.17, 15) is 0 Å². The van der Waals surface area contributed by atoms with Crippen molar-refractivity contribution >= 4 is 0 Å². The topological polar surface area (TPSA) is 9.23 Å². The van der Waals surface area contributed by atoms with E-state index in [1.54, 1.807) is 11.1 Å². The molecule has 0 heterocycles. The van der Waals surface area contributed by atoms with Gasteiger partial charge in [-0.2, -0.15) is 0 Å². The van der Waals surface area contributed by atoms with Gasteiger partial charge in [0.2, 0.25) is 0 Å². The van der Waals surface area contributed by atoms with Crippen LogP contribution < -0.4 is 0 Å². The molecule has 188 valence electrons. The van der Waals surface area contributed by atoms with E-state index in [1.807, 2.05) is 0 Å². The summed E-state index contributed by atoms with van der Waals surface area (Å²) in [6.07, 6.45) is 25.0. The lowest BCUT2D eigenvalue weighted by molar-refractivity contribution is 0.147. The lowest BCUT2D eigenvalue weighted by Gasteiger charge is -2.37. The van der Waals surface area contributed by atoms with Gasteiger partial charge in [0.15, 0.2) is 0 Å². The van der Waals surface area contributed by atoms with Crippen molar-refractivity contribution in [2.75, 3.05) is 13.2 Å². The third kappa shape index (κ3) is 7.22. The zero-order valence-electron chi connectivity index (χ0n) is 22.5. The summed E-state index contributed by atoms with van der Waals surface area (Å²) in [7, 11) is 0. The Hall–Kier alpha value is -0.560. The summed E-state index contributed by atoms with van der Waals surface area (Å²) in [6, 6.07) is 0. The van der Waals surface area contributed by atoms with Crippen LogP contribution in [0.5, 0.6) is 0 Å². The van der Waals surface area contributed by atoms with Gasteiger partial charge in [-0.05, 0) is 148 Å². The Morgan fingerprint density at radius 3 is 1.27 bits per heavy atom. The van der Waals surface area contributed by atoms with Gasteiger partial charge in [0, 0.05) is 0 Å². The second-order valence-corrected chi connectivity index (χ2v) is 13.1. The van der Waals surface area contributed by atoms with Gasteiger partial charge in [-0.15, -0.1) is 0 Å². The second-order valence-electron chi connectivity index (χ2n) is 13.1. The molecular weight excluding hydrogens is 400 g/mol. The largest absolute Gasteiger partial charge is 0.373 e. The predicted molar refractivity (Wildman–Crippen MR) is 142 cm³/mol. The summed E-state index contributed by atoms with van der Waals surface area (Å²) in [5.74, 6) is 7.67. The fourth-order valence-corrected chi connectivity index (χ4v) is 7.82. The molecule has 4 aliphatic rings. The smallest absolute Gasteiger partial charge is 0.0681 e. The maximum atomic E-state index is 6.22. The van der Waals surface area contributed by atoms with Gasteiger partial charge in [0.25, 0.3) is 0 Å². The van der Waals surface area contributed by atoms with Crippen LogP contribution in [0.3, 0.4) is 0 Å². The molecule has 2 atom stereocenters. The minimum absolute atomic E-state index is 0.882. The molecule has 4 aliphatic carbocycles. The highest BCUT2D eigenvalue weighted by atomic mass is 16.5. The zero-order chi connectivity index (χ0) is 23.2. The van der Waals surface area contributed by atoms with Crippen molar-refractivity contribution in [2.24, 2.45) is 47.3 Å². The van der Waals surface area contributed by atoms with Crippen LogP contribution in [0.2, 0.25) is 0 Å².